The SMILES string of the molecule is COc1ccccc1NC1CCN(c2cncc(SC)n2)CC1. The minimum Gasteiger partial charge on any atom is -0.495 e. The van der Waals surface area contributed by atoms with Crippen LogP contribution in [0.1, 0.15) is 12.8 Å². The van der Waals surface area contributed by atoms with Crippen LogP contribution in [0.2, 0.25) is 0 Å². The molecule has 2 aromatic rings. The molecule has 1 N–H and O–H groups in total. The van der Waals surface area contributed by atoms with Crippen molar-refractivity contribution < 1.29 is 4.74 Å². The average molecular weight is 330 g/mol. The van der Waals surface area contributed by atoms with Crippen LogP contribution >= 0.6 is 11.8 Å². The second kappa shape index (κ2) is 7.55. The lowest BCUT2D eigenvalue weighted by Gasteiger charge is -2.33. The largest absolute Gasteiger partial charge is 0.495 e. The molecule has 0 saturated carbocycles. The number of anilines is 2. The van der Waals surface area contributed by atoms with Gasteiger partial charge in [0, 0.05) is 19.1 Å². The Morgan fingerprint density at radius 3 is 2.74 bits per heavy atom. The molecule has 0 atom stereocenters. The zero-order valence-electron chi connectivity index (χ0n) is 13.5. The number of thioether (sulfide) groups is 1. The van der Waals surface area contributed by atoms with Crippen molar-refractivity contribution in [3.05, 3.63) is 36.7 Å². The molecule has 0 amide bonds. The van der Waals surface area contributed by atoms with Crippen molar-refractivity contribution in [2.24, 2.45) is 0 Å². The van der Waals surface area contributed by atoms with Gasteiger partial charge in [0.05, 0.1) is 25.2 Å². The van der Waals surface area contributed by atoms with E-state index in [0.717, 1.165) is 48.2 Å². The highest BCUT2D eigenvalue weighted by atomic mass is 32.2. The summed E-state index contributed by atoms with van der Waals surface area (Å²) < 4.78 is 5.41. The second-order valence-corrected chi connectivity index (χ2v) is 6.35. The van der Waals surface area contributed by atoms with Crippen LogP contribution in [0.5, 0.6) is 5.75 Å². The molecule has 5 nitrogen and oxygen atoms in total. The van der Waals surface area contributed by atoms with Crippen molar-refractivity contribution in [2.45, 2.75) is 23.9 Å². The third kappa shape index (κ3) is 3.88. The van der Waals surface area contributed by atoms with Crippen LogP contribution in [0.3, 0.4) is 0 Å². The number of hydrogen-bond acceptors (Lipinski definition) is 6. The van der Waals surface area contributed by atoms with E-state index in [2.05, 4.69) is 26.3 Å². The van der Waals surface area contributed by atoms with E-state index in [1.54, 1.807) is 18.9 Å². The van der Waals surface area contributed by atoms with Crippen LogP contribution in [0.15, 0.2) is 41.7 Å². The summed E-state index contributed by atoms with van der Waals surface area (Å²) in [6, 6.07) is 8.53. The van der Waals surface area contributed by atoms with E-state index in [4.69, 9.17) is 4.74 Å². The molecule has 1 aromatic carbocycles. The van der Waals surface area contributed by atoms with Gasteiger partial charge in [0.15, 0.2) is 0 Å². The van der Waals surface area contributed by atoms with Crippen LogP contribution in [0, 0.1) is 0 Å². The highest BCUT2D eigenvalue weighted by Gasteiger charge is 2.21. The van der Waals surface area contributed by atoms with Crippen molar-refractivity contribution in [3.8, 4) is 5.75 Å². The zero-order valence-corrected chi connectivity index (χ0v) is 14.3. The van der Waals surface area contributed by atoms with Gasteiger partial charge in [-0.15, -0.1) is 11.8 Å². The van der Waals surface area contributed by atoms with Crippen molar-refractivity contribution in [1.29, 1.82) is 0 Å². The quantitative estimate of drug-likeness (QED) is 0.849. The van der Waals surface area contributed by atoms with Crippen LogP contribution < -0.4 is 15.0 Å². The number of nitrogens with one attached hydrogen (secondary N) is 1. The molecule has 0 radical (unpaired) electrons. The Balaban J connectivity index is 1.60. The standard InChI is InChI=1S/C17H22N4OS/c1-22-15-6-4-3-5-14(15)19-13-7-9-21(10-8-13)16-11-18-12-17(20-16)23-2/h3-6,11-13,19H,7-10H2,1-2H3. The number of para-hydroxylation sites is 2. The fraction of sp³-hybridized carbons (Fsp3) is 0.412. The fourth-order valence-electron chi connectivity index (χ4n) is 2.83. The molecule has 0 spiro atoms. The van der Waals surface area contributed by atoms with Crippen LogP contribution in [0.4, 0.5) is 11.5 Å². The lowest BCUT2D eigenvalue weighted by atomic mass is 10.0. The third-order valence-electron chi connectivity index (χ3n) is 4.09. The second-order valence-electron chi connectivity index (χ2n) is 5.53. The normalized spacial score (nSPS) is 15.5. The molecular formula is C17H22N4OS. The number of ether oxygens (including phenoxy) is 1. The Morgan fingerprint density at radius 1 is 1.22 bits per heavy atom. The third-order valence-corrected chi connectivity index (χ3v) is 4.71. The fourth-order valence-corrected chi connectivity index (χ4v) is 3.18. The number of nitrogens with zero attached hydrogens (tertiary/aromatic N) is 3. The average Bonchev–Trinajstić information content (AvgIpc) is 2.63. The summed E-state index contributed by atoms with van der Waals surface area (Å²) in [4.78, 5) is 11.2. The van der Waals surface area contributed by atoms with Gasteiger partial charge in [0.25, 0.3) is 0 Å². The van der Waals surface area contributed by atoms with Crippen LogP contribution in [-0.4, -0.2) is 42.5 Å². The molecule has 2 heterocycles. The summed E-state index contributed by atoms with van der Waals surface area (Å²) in [7, 11) is 1.71. The summed E-state index contributed by atoms with van der Waals surface area (Å²) in [6.07, 6.45) is 7.83. The van der Waals surface area contributed by atoms with Gasteiger partial charge in [-0.25, -0.2) is 4.98 Å². The van der Waals surface area contributed by atoms with E-state index in [0.29, 0.717) is 6.04 Å². The highest BCUT2D eigenvalue weighted by Crippen LogP contribution is 2.27. The highest BCUT2D eigenvalue weighted by molar-refractivity contribution is 7.98. The zero-order chi connectivity index (χ0) is 16.1. The van der Waals surface area contributed by atoms with Gasteiger partial charge in [-0.3, -0.25) is 4.98 Å². The summed E-state index contributed by atoms with van der Waals surface area (Å²) >= 11 is 1.63. The molecule has 1 aromatic heterocycles. The minimum atomic E-state index is 0.458. The van der Waals surface area contributed by atoms with Crippen molar-refractivity contribution in [1.82, 2.24) is 9.97 Å². The van der Waals surface area contributed by atoms with Crippen molar-refractivity contribution >= 4 is 23.3 Å². The molecular weight excluding hydrogens is 308 g/mol. The van der Waals surface area contributed by atoms with Gasteiger partial charge < -0.3 is 15.0 Å². The van der Waals surface area contributed by atoms with Gasteiger partial charge in [0.1, 0.15) is 16.6 Å². The lowest BCUT2D eigenvalue weighted by molar-refractivity contribution is 0.415. The van der Waals surface area contributed by atoms with Crippen LogP contribution in [0.25, 0.3) is 0 Å². The predicted octanol–water partition coefficient (Wildman–Crippen LogP) is 3.29. The van der Waals surface area contributed by atoms with Crippen molar-refractivity contribution in [3.63, 3.8) is 0 Å². The maximum absolute atomic E-state index is 5.41. The summed E-state index contributed by atoms with van der Waals surface area (Å²) in [5.41, 5.74) is 1.07. The number of aromatic nitrogens is 2. The Bertz CT molecular complexity index is 644. The lowest BCUT2D eigenvalue weighted by Crippen LogP contribution is -2.39. The van der Waals surface area contributed by atoms with E-state index in [1.807, 2.05) is 36.8 Å². The van der Waals surface area contributed by atoms with Gasteiger partial charge in [-0.1, -0.05) is 12.1 Å². The first-order valence-electron chi connectivity index (χ1n) is 7.80. The minimum absolute atomic E-state index is 0.458. The first kappa shape index (κ1) is 15.9. The van der Waals surface area contributed by atoms with Gasteiger partial charge in [-0.2, -0.15) is 0 Å². The van der Waals surface area contributed by atoms with Crippen LogP contribution in [-0.2, 0) is 0 Å². The van der Waals surface area contributed by atoms with E-state index < -0.39 is 0 Å². The first-order chi connectivity index (χ1) is 11.3. The van der Waals surface area contributed by atoms with Crippen molar-refractivity contribution in [2.75, 3.05) is 36.7 Å². The number of hydrogen-bond donors (Lipinski definition) is 1. The molecule has 1 aliphatic rings. The molecule has 1 saturated heterocycles. The Kier molecular flexibility index (Phi) is 5.23. The first-order valence-corrected chi connectivity index (χ1v) is 9.03. The molecule has 1 fully saturated rings. The molecule has 0 bridgehead atoms. The number of benzene rings is 1. The van der Waals surface area contributed by atoms with E-state index in [9.17, 15) is 0 Å². The molecule has 1 aliphatic heterocycles. The van der Waals surface area contributed by atoms with E-state index in [1.165, 1.54) is 0 Å². The van der Waals surface area contributed by atoms with Gasteiger partial charge >= 0.3 is 0 Å². The molecule has 122 valence electrons. The Hall–Kier alpha value is -1.95. The Morgan fingerprint density at radius 2 is 2.00 bits per heavy atom. The number of piperidine rings is 1. The summed E-state index contributed by atoms with van der Waals surface area (Å²) in [6.45, 7) is 1.97. The molecule has 23 heavy (non-hydrogen) atoms. The maximum atomic E-state index is 5.41. The van der Waals surface area contributed by atoms with Gasteiger partial charge in [0.2, 0.25) is 0 Å². The summed E-state index contributed by atoms with van der Waals surface area (Å²) in [5, 5.41) is 4.57. The molecule has 6 heteroatoms. The Labute approximate surface area is 141 Å². The van der Waals surface area contributed by atoms with E-state index >= 15 is 0 Å². The number of rotatable bonds is 5. The monoisotopic (exact) mass is 330 g/mol. The molecule has 3 rings (SSSR count). The molecule has 0 unspecified atom stereocenters. The van der Waals surface area contributed by atoms with E-state index in [-0.39, 0.29) is 0 Å². The number of methoxy groups -OCH3 is 1. The smallest absolute Gasteiger partial charge is 0.148 e. The summed E-state index contributed by atoms with van der Waals surface area (Å²) in [5.74, 6) is 1.88. The maximum Gasteiger partial charge on any atom is 0.148 e. The topological polar surface area (TPSA) is 50.3 Å². The van der Waals surface area contributed by atoms with Gasteiger partial charge in [-0.05, 0) is 31.2 Å². The molecule has 0 aliphatic carbocycles. The predicted molar refractivity (Wildman–Crippen MR) is 95.7 cm³/mol.